The Morgan fingerprint density at radius 1 is 1.07 bits per heavy atom. The van der Waals surface area contributed by atoms with Gasteiger partial charge in [-0.05, 0) is 18.4 Å². The molecule has 0 spiro atoms. The Balaban J connectivity index is 2.27. The summed E-state index contributed by atoms with van der Waals surface area (Å²) in [6.07, 6.45) is -0.531. The van der Waals surface area contributed by atoms with Crippen LogP contribution in [0.3, 0.4) is 0 Å². The van der Waals surface area contributed by atoms with E-state index in [1.807, 2.05) is 30.3 Å². The molecule has 0 saturated heterocycles. The van der Waals surface area contributed by atoms with E-state index in [9.17, 15) is 10.2 Å². The van der Waals surface area contributed by atoms with Gasteiger partial charge in [0.15, 0.2) is 0 Å². The van der Waals surface area contributed by atoms with Gasteiger partial charge in [0.2, 0.25) is 0 Å². The van der Waals surface area contributed by atoms with Crippen molar-refractivity contribution < 1.29 is 10.2 Å². The van der Waals surface area contributed by atoms with Gasteiger partial charge in [-0.1, -0.05) is 30.3 Å². The first-order valence-corrected chi connectivity index (χ1v) is 4.82. The van der Waals surface area contributed by atoms with Crippen molar-refractivity contribution in [1.82, 2.24) is 0 Å². The van der Waals surface area contributed by atoms with Gasteiger partial charge in [-0.15, -0.1) is 0 Å². The standard InChI is InChI=1S/C11H15NO2/c12-11(6-9(13)10(14)7-11)8-4-2-1-3-5-8/h1-5,9-10,13-14H,6-7,12H2/t9-,10-/m0/s1. The molecule has 1 aliphatic carbocycles. The maximum Gasteiger partial charge on any atom is 0.0820 e. The van der Waals surface area contributed by atoms with Crippen LogP contribution < -0.4 is 5.73 Å². The highest BCUT2D eigenvalue weighted by atomic mass is 16.3. The number of hydrogen-bond donors (Lipinski definition) is 3. The average Bonchev–Trinajstić information content (AvgIpc) is 2.44. The summed E-state index contributed by atoms with van der Waals surface area (Å²) in [5.74, 6) is 0. The highest BCUT2D eigenvalue weighted by molar-refractivity contribution is 5.26. The van der Waals surface area contributed by atoms with Crippen molar-refractivity contribution >= 4 is 0 Å². The number of benzene rings is 1. The van der Waals surface area contributed by atoms with Crippen LogP contribution in [0.25, 0.3) is 0 Å². The maximum absolute atomic E-state index is 9.46. The zero-order valence-corrected chi connectivity index (χ0v) is 7.93. The Bertz CT molecular complexity index is 302. The van der Waals surface area contributed by atoms with E-state index in [-0.39, 0.29) is 0 Å². The summed E-state index contributed by atoms with van der Waals surface area (Å²) in [6.45, 7) is 0. The van der Waals surface area contributed by atoms with Crippen molar-refractivity contribution in [3.63, 3.8) is 0 Å². The lowest BCUT2D eigenvalue weighted by Gasteiger charge is -2.23. The fraction of sp³-hybridized carbons (Fsp3) is 0.455. The Morgan fingerprint density at radius 2 is 1.57 bits per heavy atom. The van der Waals surface area contributed by atoms with Gasteiger partial charge in [0.1, 0.15) is 0 Å². The molecule has 2 atom stereocenters. The summed E-state index contributed by atoms with van der Waals surface area (Å²) >= 11 is 0. The van der Waals surface area contributed by atoms with Gasteiger partial charge < -0.3 is 15.9 Å². The minimum absolute atomic E-state index is 0.429. The third-order valence-electron chi connectivity index (χ3n) is 2.94. The Hall–Kier alpha value is -0.900. The van der Waals surface area contributed by atoms with Crippen molar-refractivity contribution in [2.45, 2.75) is 30.6 Å². The van der Waals surface area contributed by atoms with E-state index in [2.05, 4.69) is 0 Å². The molecule has 0 radical (unpaired) electrons. The lowest BCUT2D eigenvalue weighted by Crippen LogP contribution is -2.34. The quantitative estimate of drug-likeness (QED) is 0.603. The van der Waals surface area contributed by atoms with Gasteiger partial charge in [0.05, 0.1) is 12.2 Å². The molecule has 1 fully saturated rings. The predicted molar refractivity (Wildman–Crippen MR) is 53.6 cm³/mol. The topological polar surface area (TPSA) is 66.5 Å². The summed E-state index contributed by atoms with van der Waals surface area (Å²) in [7, 11) is 0. The van der Waals surface area contributed by atoms with E-state index in [1.165, 1.54) is 0 Å². The van der Waals surface area contributed by atoms with Crippen LogP contribution in [0.2, 0.25) is 0 Å². The maximum atomic E-state index is 9.46. The molecule has 0 bridgehead atoms. The summed E-state index contributed by atoms with van der Waals surface area (Å²) in [5.41, 5.74) is 6.55. The van der Waals surface area contributed by atoms with Crippen LogP contribution in [0.4, 0.5) is 0 Å². The first-order chi connectivity index (χ1) is 6.62. The zero-order chi connectivity index (χ0) is 10.2. The summed E-state index contributed by atoms with van der Waals surface area (Å²) in [4.78, 5) is 0. The average molecular weight is 193 g/mol. The minimum Gasteiger partial charge on any atom is -0.390 e. The molecule has 1 aliphatic rings. The van der Waals surface area contributed by atoms with Crippen molar-refractivity contribution in [3.8, 4) is 0 Å². The molecular formula is C11H15NO2. The van der Waals surface area contributed by atoms with Crippen LogP contribution in [0, 0.1) is 0 Å². The molecule has 3 heteroatoms. The molecule has 0 aromatic heterocycles. The first-order valence-electron chi connectivity index (χ1n) is 4.82. The van der Waals surface area contributed by atoms with E-state index < -0.39 is 17.7 Å². The normalized spacial score (nSPS) is 30.5. The molecule has 76 valence electrons. The monoisotopic (exact) mass is 193 g/mol. The third kappa shape index (κ3) is 1.54. The van der Waals surface area contributed by atoms with Crippen LogP contribution in [0.1, 0.15) is 18.4 Å². The van der Waals surface area contributed by atoms with Gasteiger partial charge in [-0.25, -0.2) is 0 Å². The molecule has 1 saturated carbocycles. The van der Waals surface area contributed by atoms with Gasteiger partial charge in [0.25, 0.3) is 0 Å². The summed E-state index contributed by atoms with van der Waals surface area (Å²) < 4.78 is 0. The van der Waals surface area contributed by atoms with Gasteiger partial charge in [-0.2, -0.15) is 0 Å². The fourth-order valence-corrected chi connectivity index (χ4v) is 2.11. The fourth-order valence-electron chi connectivity index (χ4n) is 2.11. The molecule has 1 aromatic rings. The number of nitrogens with two attached hydrogens (primary N) is 1. The molecule has 0 heterocycles. The molecular weight excluding hydrogens is 178 g/mol. The van der Waals surface area contributed by atoms with Crippen molar-refractivity contribution in [2.75, 3.05) is 0 Å². The van der Waals surface area contributed by atoms with Crippen LogP contribution in [0.15, 0.2) is 30.3 Å². The molecule has 0 aliphatic heterocycles. The number of rotatable bonds is 1. The first kappa shape index (κ1) is 9.65. The Kier molecular flexibility index (Phi) is 2.31. The van der Waals surface area contributed by atoms with Crippen LogP contribution in [0.5, 0.6) is 0 Å². The molecule has 0 unspecified atom stereocenters. The van der Waals surface area contributed by atoms with Gasteiger partial charge in [-0.3, -0.25) is 0 Å². The van der Waals surface area contributed by atoms with Crippen LogP contribution in [-0.2, 0) is 5.54 Å². The third-order valence-corrected chi connectivity index (χ3v) is 2.94. The second-order valence-corrected chi connectivity index (χ2v) is 4.07. The van der Waals surface area contributed by atoms with E-state index >= 15 is 0 Å². The molecule has 0 amide bonds. The smallest absolute Gasteiger partial charge is 0.0820 e. The second kappa shape index (κ2) is 3.35. The van der Waals surface area contributed by atoms with E-state index in [1.54, 1.807) is 0 Å². The lowest BCUT2D eigenvalue weighted by molar-refractivity contribution is 0.0438. The van der Waals surface area contributed by atoms with E-state index in [4.69, 9.17) is 5.73 Å². The molecule has 3 nitrogen and oxygen atoms in total. The number of hydrogen-bond acceptors (Lipinski definition) is 3. The van der Waals surface area contributed by atoms with Crippen molar-refractivity contribution in [1.29, 1.82) is 0 Å². The summed E-state index contributed by atoms with van der Waals surface area (Å²) in [5, 5.41) is 18.9. The molecule has 4 N–H and O–H groups in total. The summed E-state index contributed by atoms with van der Waals surface area (Å²) in [6, 6.07) is 9.63. The lowest BCUT2D eigenvalue weighted by atomic mass is 9.89. The van der Waals surface area contributed by atoms with E-state index in [0.29, 0.717) is 12.8 Å². The minimum atomic E-state index is -0.694. The van der Waals surface area contributed by atoms with Gasteiger partial charge in [0, 0.05) is 5.54 Å². The van der Waals surface area contributed by atoms with Crippen LogP contribution in [-0.4, -0.2) is 22.4 Å². The Morgan fingerprint density at radius 3 is 2.07 bits per heavy atom. The molecule has 14 heavy (non-hydrogen) atoms. The molecule has 1 aromatic carbocycles. The number of aliphatic hydroxyl groups is 2. The highest BCUT2D eigenvalue weighted by Gasteiger charge is 2.42. The van der Waals surface area contributed by atoms with E-state index in [0.717, 1.165) is 5.56 Å². The second-order valence-electron chi connectivity index (χ2n) is 4.07. The van der Waals surface area contributed by atoms with Gasteiger partial charge >= 0.3 is 0 Å². The largest absolute Gasteiger partial charge is 0.390 e. The van der Waals surface area contributed by atoms with Crippen LogP contribution >= 0.6 is 0 Å². The Labute approximate surface area is 83.2 Å². The number of aliphatic hydroxyl groups excluding tert-OH is 2. The SMILES string of the molecule is NC1(c2ccccc2)C[C@H](O)[C@@H](O)C1. The predicted octanol–water partition coefficient (Wildman–Crippen LogP) is 0.356. The highest BCUT2D eigenvalue weighted by Crippen LogP contribution is 2.36. The van der Waals surface area contributed by atoms with Crippen molar-refractivity contribution in [3.05, 3.63) is 35.9 Å². The van der Waals surface area contributed by atoms with Crippen molar-refractivity contribution in [2.24, 2.45) is 5.73 Å². The zero-order valence-electron chi connectivity index (χ0n) is 7.93. The molecule has 2 rings (SSSR count).